The number of rotatable bonds is 4. The monoisotopic (exact) mass is 314 g/mol. The first-order valence-corrected chi connectivity index (χ1v) is 8.89. The summed E-state index contributed by atoms with van der Waals surface area (Å²) in [5.74, 6) is -0.0835. The second-order valence-electron chi connectivity index (χ2n) is 4.74. The minimum atomic E-state index is -3.51. The zero-order valence-corrected chi connectivity index (χ0v) is 13.1. The molecule has 0 saturated heterocycles. The molecule has 1 heterocycles. The summed E-state index contributed by atoms with van der Waals surface area (Å²) >= 11 is 1.58. The quantitative estimate of drug-likeness (QED) is 0.893. The van der Waals surface area contributed by atoms with Crippen LogP contribution in [0.15, 0.2) is 28.0 Å². The van der Waals surface area contributed by atoms with E-state index < -0.39 is 10.0 Å². The van der Waals surface area contributed by atoms with Gasteiger partial charge in [0.25, 0.3) is 0 Å². The summed E-state index contributed by atoms with van der Waals surface area (Å²) in [4.78, 5) is 12.8. The van der Waals surface area contributed by atoms with Gasteiger partial charge in [-0.05, 0) is 24.6 Å². The van der Waals surface area contributed by atoms with Crippen molar-refractivity contribution in [2.24, 2.45) is 0 Å². The van der Waals surface area contributed by atoms with Gasteiger partial charge >= 0.3 is 0 Å². The Labute approximate surface area is 123 Å². The lowest BCUT2D eigenvalue weighted by molar-refractivity contribution is -0.116. The van der Waals surface area contributed by atoms with Gasteiger partial charge < -0.3 is 5.32 Å². The average molecular weight is 314 g/mol. The van der Waals surface area contributed by atoms with Crippen molar-refractivity contribution in [1.82, 2.24) is 4.72 Å². The molecule has 110 valence electrons. The van der Waals surface area contributed by atoms with Crippen LogP contribution in [-0.4, -0.2) is 26.1 Å². The Balaban J connectivity index is 2.34. The summed E-state index contributed by atoms with van der Waals surface area (Å²) < 4.78 is 26.7. The average Bonchev–Trinajstić information content (AvgIpc) is 2.51. The normalized spacial score (nSPS) is 19.1. The molecule has 5 nitrogen and oxygen atoms in total. The molecule has 1 aromatic rings. The highest BCUT2D eigenvalue weighted by atomic mass is 32.2. The van der Waals surface area contributed by atoms with Crippen LogP contribution in [-0.2, 0) is 14.8 Å². The molecule has 20 heavy (non-hydrogen) atoms. The van der Waals surface area contributed by atoms with E-state index in [1.54, 1.807) is 23.9 Å². The molecule has 1 aliphatic heterocycles. The van der Waals surface area contributed by atoms with E-state index in [4.69, 9.17) is 0 Å². The molecule has 2 N–H and O–H groups in total. The fourth-order valence-electron chi connectivity index (χ4n) is 1.92. The molecular formula is C13H18N2O3S2. The van der Waals surface area contributed by atoms with Gasteiger partial charge in [0, 0.05) is 23.1 Å². The first kappa shape index (κ1) is 15.3. The standard InChI is InChI=1S/C13H18N2O3S2/c1-3-6-14-20(17,18)10-4-5-12-11(8-10)15-13(16)7-9(2)19-12/h4-5,8-9,14H,3,6-7H2,1-2H3,(H,15,16). The number of sulfonamides is 1. The maximum Gasteiger partial charge on any atom is 0.240 e. The van der Waals surface area contributed by atoms with Crippen LogP contribution < -0.4 is 10.0 Å². The zero-order valence-electron chi connectivity index (χ0n) is 11.5. The third-order valence-electron chi connectivity index (χ3n) is 2.88. The molecule has 2 rings (SSSR count). The number of hydrogen-bond acceptors (Lipinski definition) is 4. The maximum absolute atomic E-state index is 12.1. The molecule has 0 radical (unpaired) electrons. The summed E-state index contributed by atoms with van der Waals surface area (Å²) in [5, 5.41) is 2.95. The molecule has 0 fully saturated rings. The summed E-state index contributed by atoms with van der Waals surface area (Å²) in [7, 11) is -3.51. The number of fused-ring (bicyclic) bond motifs is 1. The molecular weight excluding hydrogens is 296 g/mol. The van der Waals surface area contributed by atoms with E-state index in [-0.39, 0.29) is 16.1 Å². The Morgan fingerprint density at radius 2 is 2.20 bits per heavy atom. The molecule has 0 bridgehead atoms. The molecule has 1 aromatic carbocycles. The molecule has 1 unspecified atom stereocenters. The van der Waals surface area contributed by atoms with E-state index >= 15 is 0 Å². The lowest BCUT2D eigenvalue weighted by Crippen LogP contribution is -2.24. The molecule has 0 saturated carbocycles. The highest BCUT2D eigenvalue weighted by molar-refractivity contribution is 8.00. The lowest BCUT2D eigenvalue weighted by atomic mass is 10.3. The van der Waals surface area contributed by atoms with Crippen LogP contribution in [0.4, 0.5) is 5.69 Å². The number of hydrogen-bond donors (Lipinski definition) is 2. The van der Waals surface area contributed by atoms with Crippen molar-refractivity contribution in [3.8, 4) is 0 Å². The fraction of sp³-hybridized carbons (Fsp3) is 0.462. The molecule has 0 aromatic heterocycles. The predicted molar refractivity (Wildman–Crippen MR) is 80.5 cm³/mol. The third kappa shape index (κ3) is 3.53. The summed E-state index contributed by atoms with van der Waals surface area (Å²) in [6, 6.07) is 4.85. The highest BCUT2D eigenvalue weighted by Crippen LogP contribution is 2.36. The SMILES string of the molecule is CCCNS(=O)(=O)c1ccc2c(c1)NC(=O)CC(C)S2. The summed E-state index contributed by atoms with van der Waals surface area (Å²) in [5.41, 5.74) is 0.573. The van der Waals surface area contributed by atoms with E-state index in [2.05, 4.69) is 10.0 Å². The van der Waals surface area contributed by atoms with Crippen molar-refractivity contribution in [1.29, 1.82) is 0 Å². The first-order valence-electron chi connectivity index (χ1n) is 6.52. The van der Waals surface area contributed by atoms with E-state index in [9.17, 15) is 13.2 Å². The van der Waals surface area contributed by atoms with Crippen molar-refractivity contribution in [3.05, 3.63) is 18.2 Å². The number of carbonyl (C=O) groups is 1. The highest BCUT2D eigenvalue weighted by Gasteiger charge is 2.21. The van der Waals surface area contributed by atoms with Crippen LogP contribution >= 0.6 is 11.8 Å². The van der Waals surface area contributed by atoms with E-state index in [1.165, 1.54) is 6.07 Å². The van der Waals surface area contributed by atoms with Crippen LogP contribution in [0.2, 0.25) is 0 Å². The molecule has 7 heteroatoms. The Kier molecular flexibility index (Phi) is 4.72. The molecule has 1 amide bonds. The Morgan fingerprint density at radius 3 is 2.90 bits per heavy atom. The maximum atomic E-state index is 12.1. The minimum Gasteiger partial charge on any atom is -0.325 e. The van der Waals surface area contributed by atoms with Crippen LogP contribution in [0.25, 0.3) is 0 Å². The van der Waals surface area contributed by atoms with Crippen molar-refractivity contribution in [2.75, 3.05) is 11.9 Å². The number of thioether (sulfide) groups is 1. The van der Waals surface area contributed by atoms with Gasteiger partial charge in [0.1, 0.15) is 0 Å². The van der Waals surface area contributed by atoms with E-state index in [0.29, 0.717) is 18.7 Å². The van der Waals surface area contributed by atoms with E-state index in [1.807, 2.05) is 13.8 Å². The van der Waals surface area contributed by atoms with Crippen LogP contribution in [0.3, 0.4) is 0 Å². The second kappa shape index (κ2) is 6.15. The predicted octanol–water partition coefficient (Wildman–Crippen LogP) is 2.20. The molecule has 1 aliphatic rings. The number of benzene rings is 1. The fourth-order valence-corrected chi connectivity index (χ4v) is 4.13. The lowest BCUT2D eigenvalue weighted by Gasteiger charge is -2.10. The minimum absolute atomic E-state index is 0.0835. The van der Waals surface area contributed by atoms with Crippen molar-refractivity contribution < 1.29 is 13.2 Å². The Hall–Kier alpha value is -1.05. The van der Waals surface area contributed by atoms with E-state index in [0.717, 1.165) is 11.3 Å². The number of carbonyl (C=O) groups excluding carboxylic acids is 1. The number of amides is 1. The van der Waals surface area contributed by atoms with Gasteiger partial charge in [-0.3, -0.25) is 4.79 Å². The van der Waals surface area contributed by atoms with Crippen LogP contribution in [0, 0.1) is 0 Å². The Morgan fingerprint density at radius 1 is 1.45 bits per heavy atom. The molecule has 0 spiro atoms. The van der Waals surface area contributed by atoms with Gasteiger partial charge in [0.15, 0.2) is 0 Å². The van der Waals surface area contributed by atoms with Gasteiger partial charge in [0.2, 0.25) is 15.9 Å². The Bertz CT molecular complexity index is 614. The summed E-state index contributed by atoms with van der Waals surface area (Å²) in [6.07, 6.45) is 1.16. The molecule has 0 aliphatic carbocycles. The van der Waals surface area contributed by atoms with Gasteiger partial charge in [0.05, 0.1) is 10.6 Å². The first-order chi connectivity index (χ1) is 9.42. The second-order valence-corrected chi connectivity index (χ2v) is 7.98. The third-order valence-corrected chi connectivity index (χ3v) is 5.52. The van der Waals surface area contributed by atoms with Gasteiger partial charge in [-0.1, -0.05) is 13.8 Å². The molecule has 1 atom stereocenters. The van der Waals surface area contributed by atoms with Crippen LogP contribution in [0.5, 0.6) is 0 Å². The van der Waals surface area contributed by atoms with Crippen molar-refractivity contribution >= 4 is 33.4 Å². The number of nitrogens with one attached hydrogen (secondary N) is 2. The van der Waals surface area contributed by atoms with Crippen LogP contribution in [0.1, 0.15) is 26.7 Å². The van der Waals surface area contributed by atoms with Gasteiger partial charge in [-0.2, -0.15) is 0 Å². The zero-order chi connectivity index (χ0) is 14.8. The number of anilines is 1. The smallest absolute Gasteiger partial charge is 0.240 e. The van der Waals surface area contributed by atoms with Crippen molar-refractivity contribution in [3.63, 3.8) is 0 Å². The van der Waals surface area contributed by atoms with Crippen molar-refractivity contribution in [2.45, 2.75) is 41.7 Å². The van der Waals surface area contributed by atoms with Gasteiger partial charge in [-0.25, -0.2) is 13.1 Å². The largest absolute Gasteiger partial charge is 0.325 e. The summed E-state index contributed by atoms with van der Waals surface area (Å²) in [6.45, 7) is 4.28. The van der Waals surface area contributed by atoms with Gasteiger partial charge in [-0.15, -0.1) is 11.8 Å². The topological polar surface area (TPSA) is 75.3 Å².